The van der Waals surface area contributed by atoms with E-state index in [4.69, 9.17) is 10.6 Å². The number of aryl methyl sites for hydroxylation is 1. The Hall–Kier alpha value is -1.57. The van der Waals surface area contributed by atoms with Gasteiger partial charge in [-0.3, -0.25) is 5.84 Å². The highest BCUT2D eigenvalue weighted by atomic mass is 32.1. The SMILES string of the molecule is COc1ccc(C(NN)c2snnc2C)cc1F. The van der Waals surface area contributed by atoms with Crippen LogP contribution in [0.1, 0.15) is 22.2 Å². The average molecular weight is 268 g/mol. The summed E-state index contributed by atoms with van der Waals surface area (Å²) >= 11 is 1.24. The number of halogens is 1. The third-order valence-electron chi connectivity index (χ3n) is 2.62. The Bertz CT molecular complexity index is 546. The van der Waals surface area contributed by atoms with Crippen LogP contribution in [0.2, 0.25) is 0 Å². The van der Waals surface area contributed by atoms with Gasteiger partial charge in [0.05, 0.1) is 23.7 Å². The molecule has 0 spiro atoms. The third kappa shape index (κ3) is 2.33. The molecule has 0 amide bonds. The molecule has 18 heavy (non-hydrogen) atoms. The number of ether oxygens (including phenoxy) is 1. The van der Waals surface area contributed by atoms with Crippen LogP contribution in [0.4, 0.5) is 4.39 Å². The summed E-state index contributed by atoms with van der Waals surface area (Å²) in [5.74, 6) is 5.31. The van der Waals surface area contributed by atoms with Crippen molar-refractivity contribution >= 4 is 11.5 Å². The van der Waals surface area contributed by atoms with E-state index < -0.39 is 5.82 Å². The van der Waals surface area contributed by atoms with E-state index in [0.29, 0.717) is 5.56 Å². The van der Waals surface area contributed by atoms with Gasteiger partial charge in [-0.15, -0.1) is 5.10 Å². The van der Waals surface area contributed by atoms with Crippen molar-refractivity contribution in [3.05, 3.63) is 40.2 Å². The molecule has 2 rings (SSSR count). The van der Waals surface area contributed by atoms with Gasteiger partial charge in [-0.05, 0) is 36.2 Å². The van der Waals surface area contributed by atoms with E-state index in [1.807, 2.05) is 6.92 Å². The number of hydrogen-bond acceptors (Lipinski definition) is 6. The van der Waals surface area contributed by atoms with E-state index in [2.05, 4.69) is 15.0 Å². The fourth-order valence-corrected chi connectivity index (χ4v) is 2.42. The molecule has 1 atom stereocenters. The maximum absolute atomic E-state index is 13.7. The third-order valence-corrected chi connectivity index (χ3v) is 3.52. The van der Waals surface area contributed by atoms with Crippen LogP contribution < -0.4 is 16.0 Å². The molecule has 3 N–H and O–H groups in total. The molecule has 0 aliphatic rings. The van der Waals surface area contributed by atoms with Crippen LogP contribution in [0, 0.1) is 12.7 Å². The summed E-state index contributed by atoms with van der Waals surface area (Å²) in [7, 11) is 1.42. The lowest BCUT2D eigenvalue weighted by Crippen LogP contribution is -2.28. The Morgan fingerprint density at radius 1 is 1.50 bits per heavy atom. The minimum Gasteiger partial charge on any atom is -0.494 e. The lowest BCUT2D eigenvalue weighted by molar-refractivity contribution is 0.386. The first-order valence-corrected chi connectivity index (χ1v) is 6.03. The van der Waals surface area contributed by atoms with Crippen LogP contribution in [-0.2, 0) is 0 Å². The standard InChI is InChI=1S/C11H13FN4OS/c1-6-11(18-16-15-6)10(14-13)7-3-4-9(17-2)8(12)5-7/h3-5,10,14H,13H2,1-2H3. The second-order valence-electron chi connectivity index (χ2n) is 3.72. The molecule has 0 saturated carbocycles. The summed E-state index contributed by atoms with van der Waals surface area (Å²) < 4.78 is 22.4. The van der Waals surface area contributed by atoms with Crippen molar-refractivity contribution in [2.24, 2.45) is 5.84 Å². The first kappa shape index (κ1) is 12.9. The number of aromatic nitrogens is 2. The fourth-order valence-electron chi connectivity index (χ4n) is 1.69. The van der Waals surface area contributed by atoms with E-state index in [-0.39, 0.29) is 11.8 Å². The van der Waals surface area contributed by atoms with Gasteiger partial charge < -0.3 is 4.74 Å². The minimum atomic E-state index is -0.426. The summed E-state index contributed by atoms with van der Waals surface area (Å²) in [6.07, 6.45) is 0. The van der Waals surface area contributed by atoms with Crippen LogP contribution in [0.3, 0.4) is 0 Å². The molecule has 1 aromatic carbocycles. The zero-order valence-corrected chi connectivity index (χ0v) is 10.8. The molecule has 0 aliphatic heterocycles. The molecular formula is C11H13FN4OS. The van der Waals surface area contributed by atoms with Gasteiger partial charge in [0.15, 0.2) is 11.6 Å². The first-order valence-electron chi connectivity index (χ1n) is 5.25. The van der Waals surface area contributed by atoms with Gasteiger partial charge in [-0.25, -0.2) is 9.82 Å². The number of nitrogens with zero attached hydrogens (tertiary/aromatic N) is 2. The van der Waals surface area contributed by atoms with E-state index in [9.17, 15) is 4.39 Å². The van der Waals surface area contributed by atoms with E-state index in [1.54, 1.807) is 12.1 Å². The summed E-state index contributed by atoms with van der Waals surface area (Å²) in [4.78, 5) is 0.863. The second-order valence-corrected chi connectivity index (χ2v) is 4.50. The molecule has 7 heteroatoms. The number of nitrogens with one attached hydrogen (secondary N) is 1. The molecule has 0 radical (unpaired) electrons. The maximum Gasteiger partial charge on any atom is 0.165 e. The quantitative estimate of drug-likeness (QED) is 0.650. The predicted molar refractivity (Wildman–Crippen MR) is 66.8 cm³/mol. The number of hydrazine groups is 1. The molecule has 0 aliphatic carbocycles. The van der Waals surface area contributed by atoms with Crippen molar-refractivity contribution in [2.75, 3.05) is 7.11 Å². The topological polar surface area (TPSA) is 73.1 Å². The maximum atomic E-state index is 13.7. The van der Waals surface area contributed by atoms with Gasteiger partial charge in [-0.1, -0.05) is 10.6 Å². The number of benzene rings is 1. The smallest absolute Gasteiger partial charge is 0.165 e. The van der Waals surface area contributed by atoms with Gasteiger partial charge in [-0.2, -0.15) is 0 Å². The molecule has 1 heterocycles. The minimum absolute atomic E-state index is 0.202. The van der Waals surface area contributed by atoms with Crippen LogP contribution in [0.15, 0.2) is 18.2 Å². The molecular weight excluding hydrogens is 255 g/mol. The molecule has 1 aromatic heterocycles. The largest absolute Gasteiger partial charge is 0.494 e. The van der Waals surface area contributed by atoms with Gasteiger partial charge >= 0.3 is 0 Å². The number of rotatable bonds is 4. The summed E-state index contributed by atoms with van der Waals surface area (Å²) in [6, 6.07) is 4.39. The van der Waals surface area contributed by atoms with E-state index in [0.717, 1.165) is 10.6 Å². The van der Waals surface area contributed by atoms with Crippen LogP contribution in [0.25, 0.3) is 0 Å². The molecule has 0 fully saturated rings. The van der Waals surface area contributed by atoms with Gasteiger partial charge in [0.2, 0.25) is 0 Å². The second kappa shape index (κ2) is 5.38. The molecule has 0 saturated heterocycles. The summed E-state index contributed by atoms with van der Waals surface area (Å²) in [6.45, 7) is 1.84. The van der Waals surface area contributed by atoms with Crippen LogP contribution in [0.5, 0.6) is 5.75 Å². The summed E-state index contributed by atoms with van der Waals surface area (Å²) in [5, 5.41) is 3.92. The highest BCUT2D eigenvalue weighted by Gasteiger charge is 2.19. The van der Waals surface area contributed by atoms with Crippen LogP contribution in [-0.4, -0.2) is 16.7 Å². The van der Waals surface area contributed by atoms with Gasteiger partial charge in [0.1, 0.15) is 0 Å². The fraction of sp³-hybridized carbons (Fsp3) is 0.273. The number of methoxy groups -OCH3 is 1. The summed E-state index contributed by atoms with van der Waals surface area (Å²) in [5.41, 5.74) is 4.13. The Morgan fingerprint density at radius 2 is 2.28 bits per heavy atom. The average Bonchev–Trinajstić information content (AvgIpc) is 2.77. The van der Waals surface area contributed by atoms with Gasteiger partial charge in [0, 0.05) is 0 Å². The molecule has 1 unspecified atom stereocenters. The lowest BCUT2D eigenvalue weighted by Gasteiger charge is -2.15. The molecule has 0 bridgehead atoms. The van der Waals surface area contributed by atoms with Gasteiger partial charge in [0.25, 0.3) is 0 Å². The Kier molecular flexibility index (Phi) is 3.85. The van der Waals surface area contributed by atoms with E-state index >= 15 is 0 Å². The van der Waals surface area contributed by atoms with Crippen molar-refractivity contribution < 1.29 is 9.13 Å². The lowest BCUT2D eigenvalue weighted by atomic mass is 10.0. The normalized spacial score (nSPS) is 12.4. The number of nitrogens with two attached hydrogens (primary N) is 1. The van der Waals surface area contributed by atoms with E-state index in [1.165, 1.54) is 24.7 Å². The zero-order valence-electron chi connectivity index (χ0n) is 9.98. The molecule has 5 nitrogen and oxygen atoms in total. The Morgan fingerprint density at radius 3 is 2.78 bits per heavy atom. The molecule has 2 aromatic rings. The highest BCUT2D eigenvalue weighted by Crippen LogP contribution is 2.28. The van der Waals surface area contributed by atoms with Crippen molar-refractivity contribution in [2.45, 2.75) is 13.0 Å². The highest BCUT2D eigenvalue weighted by molar-refractivity contribution is 7.05. The van der Waals surface area contributed by atoms with Crippen LogP contribution >= 0.6 is 11.5 Å². The monoisotopic (exact) mass is 268 g/mol. The Labute approximate surface area is 108 Å². The molecule has 96 valence electrons. The van der Waals surface area contributed by atoms with Crippen molar-refractivity contribution in [1.29, 1.82) is 0 Å². The Balaban J connectivity index is 2.40. The van der Waals surface area contributed by atoms with Crippen molar-refractivity contribution in [1.82, 2.24) is 15.0 Å². The van der Waals surface area contributed by atoms with Crippen molar-refractivity contribution in [3.8, 4) is 5.75 Å². The first-order chi connectivity index (χ1) is 8.67. The number of hydrogen-bond donors (Lipinski definition) is 2. The van der Waals surface area contributed by atoms with Crippen molar-refractivity contribution in [3.63, 3.8) is 0 Å². The zero-order chi connectivity index (χ0) is 13.1. The predicted octanol–water partition coefficient (Wildman–Crippen LogP) is 1.55.